The minimum Gasteiger partial charge on any atom is -0.410 e. The fourth-order valence-corrected chi connectivity index (χ4v) is 1.62. The Kier molecular flexibility index (Phi) is 3.80. The van der Waals surface area contributed by atoms with Crippen molar-refractivity contribution in [3.8, 4) is 5.75 Å². The molecule has 0 aliphatic heterocycles. The molecule has 0 saturated heterocycles. The molecule has 0 saturated carbocycles. The van der Waals surface area contributed by atoms with E-state index in [0.29, 0.717) is 5.75 Å². The third-order valence-corrected chi connectivity index (χ3v) is 2.66. The smallest absolute Gasteiger partial charge is 0.410 e. The molecule has 0 fully saturated rings. The average Bonchev–Trinajstić information content (AvgIpc) is 2.37. The lowest BCUT2D eigenvalue weighted by atomic mass is 10.1. The zero-order valence-corrected chi connectivity index (χ0v) is 10.7. The molecule has 4 heteroatoms. The first-order valence-corrected chi connectivity index (χ1v) is 5.87. The first kappa shape index (κ1) is 13.1. The highest BCUT2D eigenvalue weighted by molar-refractivity contribution is 5.86. The van der Waals surface area contributed by atoms with Crippen LogP contribution in [0.2, 0.25) is 0 Å². The van der Waals surface area contributed by atoms with Gasteiger partial charge >= 0.3 is 6.09 Å². The monoisotopic (exact) mass is 259 g/mol. The topological polar surface area (TPSA) is 38.3 Å². The van der Waals surface area contributed by atoms with Crippen LogP contribution < -0.4 is 10.1 Å². The Bertz CT molecular complexity index is 611. The molecule has 1 N–H and O–H groups in total. The van der Waals surface area contributed by atoms with Crippen LogP contribution in [0, 0.1) is 19.7 Å². The summed E-state index contributed by atoms with van der Waals surface area (Å²) in [5.41, 5.74) is 1.92. The standard InChI is InChI=1S/C15H14FNO2/c1-10-7-8-11(2)14(9-10)19-15(18)17-13-6-4-3-5-12(13)16/h3-9H,1-2H3,(H,17,18). The number of amides is 1. The molecule has 1 amide bonds. The number of carbonyl (C=O) groups excluding carboxylic acids is 1. The summed E-state index contributed by atoms with van der Waals surface area (Å²) in [6.45, 7) is 3.74. The van der Waals surface area contributed by atoms with E-state index in [0.717, 1.165) is 11.1 Å². The molecular weight excluding hydrogens is 245 g/mol. The van der Waals surface area contributed by atoms with Gasteiger partial charge in [0.15, 0.2) is 0 Å². The molecule has 0 atom stereocenters. The van der Waals surface area contributed by atoms with Gasteiger partial charge in [0.25, 0.3) is 0 Å². The largest absolute Gasteiger partial charge is 0.417 e. The minimum absolute atomic E-state index is 0.0952. The van der Waals surface area contributed by atoms with Crippen molar-refractivity contribution in [2.75, 3.05) is 5.32 Å². The maximum atomic E-state index is 13.4. The third-order valence-electron chi connectivity index (χ3n) is 2.66. The van der Waals surface area contributed by atoms with E-state index < -0.39 is 11.9 Å². The second-order valence-electron chi connectivity index (χ2n) is 4.26. The van der Waals surface area contributed by atoms with Gasteiger partial charge in [-0.2, -0.15) is 0 Å². The van der Waals surface area contributed by atoms with Crippen molar-refractivity contribution < 1.29 is 13.9 Å². The fourth-order valence-electron chi connectivity index (χ4n) is 1.62. The lowest BCUT2D eigenvalue weighted by Gasteiger charge is -2.09. The van der Waals surface area contributed by atoms with Crippen molar-refractivity contribution in [3.05, 3.63) is 59.4 Å². The van der Waals surface area contributed by atoms with E-state index in [-0.39, 0.29) is 5.69 Å². The molecule has 2 aromatic carbocycles. The van der Waals surface area contributed by atoms with Crippen LogP contribution in [0.3, 0.4) is 0 Å². The third kappa shape index (κ3) is 3.31. The van der Waals surface area contributed by atoms with Crippen LogP contribution in [0.25, 0.3) is 0 Å². The van der Waals surface area contributed by atoms with Crippen LogP contribution >= 0.6 is 0 Å². The molecule has 3 nitrogen and oxygen atoms in total. The first-order valence-electron chi connectivity index (χ1n) is 5.87. The quantitative estimate of drug-likeness (QED) is 0.883. The normalized spacial score (nSPS) is 10.1. The van der Waals surface area contributed by atoms with Crippen LogP contribution in [-0.2, 0) is 0 Å². The molecule has 0 spiro atoms. The molecule has 2 rings (SSSR count). The summed E-state index contributed by atoms with van der Waals surface area (Å²) in [6.07, 6.45) is -0.709. The van der Waals surface area contributed by atoms with Crippen molar-refractivity contribution in [3.63, 3.8) is 0 Å². The Hall–Kier alpha value is -2.36. The molecule has 0 heterocycles. The Morgan fingerprint density at radius 1 is 1.16 bits per heavy atom. The minimum atomic E-state index is -0.709. The first-order chi connectivity index (χ1) is 9.06. The van der Waals surface area contributed by atoms with E-state index in [2.05, 4.69) is 5.32 Å². The van der Waals surface area contributed by atoms with Crippen molar-refractivity contribution in [2.45, 2.75) is 13.8 Å². The Morgan fingerprint density at radius 2 is 1.89 bits per heavy atom. The number of hydrogen-bond donors (Lipinski definition) is 1. The van der Waals surface area contributed by atoms with E-state index >= 15 is 0 Å². The van der Waals surface area contributed by atoms with E-state index in [1.807, 2.05) is 26.0 Å². The maximum absolute atomic E-state index is 13.4. The summed E-state index contributed by atoms with van der Waals surface area (Å²) in [4.78, 5) is 11.7. The highest BCUT2D eigenvalue weighted by Crippen LogP contribution is 2.20. The summed E-state index contributed by atoms with van der Waals surface area (Å²) < 4.78 is 18.5. The zero-order chi connectivity index (χ0) is 13.8. The van der Waals surface area contributed by atoms with Gasteiger partial charge in [-0.3, -0.25) is 5.32 Å². The van der Waals surface area contributed by atoms with Gasteiger partial charge in [0.2, 0.25) is 0 Å². The average molecular weight is 259 g/mol. The lowest BCUT2D eigenvalue weighted by molar-refractivity contribution is 0.214. The molecule has 19 heavy (non-hydrogen) atoms. The maximum Gasteiger partial charge on any atom is 0.417 e. The highest BCUT2D eigenvalue weighted by Gasteiger charge is 2.09. The van der Waals surface area contributed by atoms with E-state index in [1.165, 1.54) is 12.1 Å². The van der Waals surface area contributed by atoms with Crippen molar-refractivity contribution >= 4 is 11.8 Å². The van der Waals surface area contributed by atoms with Gasteiger partial charge < -0.3 is 4.74 Å². The summed E-state index contributed by atoms with van der Waals surface area (Å²) >= 11 is 0. The molecule has 0 aromatic heterocycles. The highest BCUT2D eigenvalue weighted by atomic mass is 19.1. The van der Waals surface area contributed by atoms with Crippen LogP contribution in [0.15, 0.2) is 42.5 Å². The molecule has 0 unspecified atom stereocenters. The van der Waals surface area contributed by atoms with Gasteiger partial charge in [-0.05, 0) is 43.2 Å². The number of rotatable bonds is 2. The van der Waals surface area contributed by atoms with Gasteiger partial charge in [0.05, 0.1) is 5.69 Å². The summed E-state index contributed by atoms with van der Waals surface area (Å²) in [5, 5.41) is 2.37. The Labute approximate surface area is 111 Å². The summed E-state index contributed by atoms with van der Waals surface area (Å²) in [7, 11) is 0. The lowest BCUT2D eigenvalue weighted by Crippen LogP contribution is -2.18. The predicted molar refractivity (Wildman–Crippen MR) is 72.0 cm³/mol. The number of nitrogens with one attached hydrogen (secondary N) is 1. The summed E-state index contributed by atoms with van der Waals surface area (Å²) in [5.74, 6) is -0.0331. The molecule has 0 radical (unpaired) electrons. The number of ether oxygens (including phenoxy) is 1. The number of carbonyl (C=O) groups is 1. The Morgan fingerprint density at radius 3 is 2.63 bits per heavy atom. The zero-order valence-electron chi connectivity index (χ0n) is 10.7. The van der Waals surface area contributed by atoms with E-state index in [4.69, 9.17) is 4.74 Å². The van der Waals surface area contributed by atoms with Crippen LogP contribution in [0.4, 0.5) is 14.9 Å². The second kappa shape index (κ2) is 5.52. The molecule has 2 aromatic rings. The van der Waals surface area contributed by atoms with Gasteiger partial charge in [0, 0.05) is 0 Å². The number of hydrogen-bond acceptors (Lipinski definition) is 2. The van der Waals surface area contributed by atoms with Gasteiger partial charge in [-0.1, -0.05) is 24.3 Å². The molecular formula is C15H14FNO2. The van der Waals surface area contributed by atoms with Crippen LogP contribution in [0.5, 0.6) is 5.75 Å². The van der Waals surface area contributed by atoms with Gasteiger partial charge in [-0.25, -0.2) is 9.18 Å². The van der Waals surface area contributed by atoms with E-state index in [9.17, 15) is 9.18 Å². The Balaban J connectivity index is 2.10. The SMILES string of the molecule is Cc1ccc(C)c(OC(=O)Nc2ccccc2F)c1. The van der Waals surface area contributed by atoms with Gasteiger partial charge in [-0.15, -0.1) is 0 Å². The van der Waals surface area contributed by atoms with Crippen LogP contribution in [-0.4, -0.2) is 6.09 Å². The molecule has 0 aliphatic rings. The fraction of sp³-hybridized carbons (Fsp3) is 0.133. The van der Waals surface area contributed by atoms with Gasteiger partial charge in [0.1, 0.15) is 11.6 Å². The number of aryl methyl sites for hydroxylation is 2. The second-order valence-corrected chi connectivity index (χ2v) is 4.26. The number of halogens is 1. The number of anilines is 1. The van der Waals surface area contributed by atoms with Crippen LogP contribution in [0.1, 0.15) is 11.1 Å². The van der Waals surface area contributed by atoms with E-state index in [1.54, 1.807) is 18.2 Å². The number of para-hydroxylation sites is 1. The van der Waals surface area contributed by atoms with Crippen molar-refractivity contribution in [1.29, 1.82) is 0 Å². The summed E-state index contributed by atoms with van der Waals surface area (Å²) in [6, 6.07) is 11.5. The molecule has 0 aliphatic carbocycles. The number of benzene rings is 2. The van der Waals surface area contributed by atoms with Crippen molar-refractivity contribution in [1.82, 2.24) is 0 Å². The molecule has 98 valence electrons. The molecule has 0 bridgehead atoms. The van der Waals surface area contributed by atoms with Crippen molar-refractivity contribution in [2.24, 2.45) is 0 Å². The predicted octanol–water partition coefficient (Wildman–Crippen LogP) is 4.05.